The molecule has 56 heavy (non-hydrogen) atoms. The monoisotopic (exact) mass is 748 g/mol. The highest BCUT2D eigenvalue weighted by atomic mass is 15.2. The lowest BCUT2D eigenvalue weighted by atomic mass is 9.52. The summed E-state index contributed by atoms with van der Waals surface area (Å²) >= 11 is 0. The summed E-state index contributed by atoms with van der Waals surface area (Å²) in [6.45, 7) is 0. The van der Waals surface area contributed by atoms with Gasteiger partial charge in [0.2, 0.25) is 0 Å². The van der Waals surface area contributed by atoms with Crippen molar-refractivity contribution in [1.29, 1.82) is 0 Å². The van der Waals surface area contributed by atoms with Crippen molar-refractivity contribution in [3.8, 4) is 0 Å². The molecule has 0 aliphatic heterocycles. The fraction of sp³-hybridized carbons (Fsp3) is 0.709. The molecule has 3 fully saturated rings. The lowest BCUT2D eigenvalue weighted by Gasteiger charge is -2.53. The van der Waals surface area contributed by atoms with Crippen LogP contribution in [0.1, 0.15) is 161 Å². The van der Waals surface area contributed by atoms with Crippen LogP contribution in [0.5, 0.6) is 0 Å². The highest BCUT2D eigenvalue weighted by Crippen LogP contribution is 2.75. The summed E-state index contributed by atoms with van der Waals surface area (Å²) in [4.78, 5) is 3.12. The van der Waals surface area contributed by atoms with Crippen LogP contribution in [0.2, 0.25) is 0 Å². The molecular weight excluding hydrogens is 675 g/mol. The highest BCUT2D eigenvalue weighted by molar-refractivity contribution is 5.56. The van der Waals surface area contributed by atoms with Crippen LogP contribution in [0.4, 0.5) is 0 Å². The summed E-state index contributed by atoms with van der Waals surface area (Å²) in [5, 5.41) is 0. The largest absolute Gasteiger partial charge is 0.287 e. The second-order valence-electron chi connectivity index (χ2n) is 21.7. The van der Waals surface area contributed by atoms with E-state index < -0.39 is 0 Å². The van der Waals surface area contributed by atoms with Gasteiger partial charge in [-0.3, -0.25) is 4.90 Å². The predicted octanol–water partition coefficient (Wildman–Crippen LogP) is 14.1. The minimum atomic E-state index is 0.282. The molecule has 0 bridgehead atoms. The Morgan fingerprint density at radius 1 is 0.571 bits per heavy atom. The van der Waals surface area contributed by atoms with Crippen LogP contribution in [0.3, 0.4) is 0 Å². The van der Waals surface area contributed by atoms with Gasteiger partial charge in [-0.1, -0.05) is 114 Å². The molecule has 1 nitrogen and oxygen atoms in total. The molecule has 1 heteroatoms. The van der Waals surface area contributed by atoms with Crippen LogP contribution >= 0.6 is 0 Å². The normalized spacial score (nSPS) is 46.4. The summed E-state index contributed by atoms with van der Waals surface area (Å²) < 4.78 is 0. The van der Waals surface area contributed by atoms with Crippen molar-refractivity contribution >= 4 is 0 Å². The summed E-state index contributed by atoms with van der Waals surface area (Å²) in [7, 11) is 0. The van der Waals surface area contributed by atoms with Gasteiger partial charge in [-0.15, -0.1) is 0 Å². The van der Waals surface area contributed by atoms with Crippen LogP contribution in [0.15, 0.2) is 94.2 Å². The SMILES string of the molecule is C1=CC(N(C2C=CC3=C(C2)C2CCCCC2C32C3=CC4C5=C(CCCC5)C5CCCCC5C4CC3C3CCC=CC32)C2CC=C(C3CC=CCC3)CC2)CCC1. The van der Waals surface area contributed by atoms with E-state index in [-0.39, 0.29) is 5.41 Å². The van der Waals surface area contributed by atoms with E-state index in [0.29, 0.717) is 18.1 Å². The quantitative estimate of drug-likeness (QED) is 0.259. The third-order valence-corrected chi connectivity index (χ3v) is 19.6. The summed E-state index contributed by atoms with van der Waals surface area (Å²) in [6.07, 6.45) is 62.5. The van der Waals surface area contributed by atoms with Crippen LogP contribution in [0, 0.1) is 64.6 Å². The molecule has 0 amide bonds. The molecule has 0 radical (unpaired) electrons. The van der Waals surface area contributed by atoms with Crippen molar-refractivity contribution in [2.75, 3.05) is 0 Å². The molecule has 14 atom stereocenters. The van der Waals surface area contributed by atoms with E-state index in [1.54, 1.807) is 5.57 Å². The maximum Gasteiger partial charge on any atom is 0.0327 e. The molecule has 12 aliphatic rings. The van der Waals surface area contributed by atoms with Gasteiger partial charge in [-0.05, 0) is 194 Å². The Morgan fingerprint density at radius 2 is 1.43 bits per heavy atom. The van der Waals surface area contributed by atoms with E-state index in [1.807, 2.05) is 27.9 Å². The van der Waals surface area contributed by atoms with Gasteiger partial charge in [0.05, 0.1) is 0 Å². The van der Waals surface area contributed by atoms with Gasteiger partial charge in [0.15, 0.2) is 0 Å². The van der Waals surface area contributed by atoms with E-state index in [9.17, 15) is 0 Å². The standard InChI is InChI=1S/C55H73N/c1-3-15-36(16-4-1)37-27-29-39(30-28-37)56(38-17-5-2-6-18-38)40-31-32-53-49(33-40)45-23-11-13-25-51(45)55(53)52-26-14-12-24-46(52)50-34-47-43-21-9-7-19-41(43)42-20-8-10-22-44(42)48(47)35-54(50)55/h1,3,5,14,17,26-27,31-32,35-36,38-41,43,45-48,50-52H,2,4,6-13,15-16,18-25,28-30,33-34H2. The lowest BCUT2D eigenvalue weighted by Crippen LogP contribution is -2.50. The molecule has 0 aromatic heterocycles. The summed E-state index contributed by atoms with van der Waals surface area (Å²) in [5.41, 5.74) is 12.0. The minimum Gasteiger partial charge on any atom is -0.287 e. The summed E-state index contributed by atoms with van der Waals surface area (Å²) in [6, 6.07) is 1.86. The predicted molar refractivity (Wildman–Crippen MR) is 233 cm³/mol. The Kier molecular flexibility index (Phi) is 9.30. The van der Waals surface area contributed by atoms with E-state index in [0.717, 1.165) is 59.2 Å². The molecule has 0 heterocycles. The number of fused-ring (bicyclic) bond motifs is 14. The first-order chi connectivity index (χ1) is 27.8. The van der Waals surface area contributed by atoms with Crippen molar-refractivity contribution in [3.05, 3.63) is 94.2 Å². The van der Waals surface area contributed by atoms with Crippen molar-refractivity contribution in [1.82, 2.24) is 4.90 Å². The zero-order chi connectivity index (χ0) is 36.8. The number of hydrogen-bond acceptors (Lipinski definition) is 1. The van der Waals surface area contributed by atoms with Gasteiger partial charge in [-0.2, -0.15) is 0 Å². The number of allylic oxidation sites excluding steroid dienone is 12. The maximum atomic E-state index is 3.14. The molecule has 1 spiro atoms. The van der Waals surface area contributed by atoms with Crippen molar-refractivity contribution < 1.29 is 0 Å². The first-order valence-corrected chi connectivity index (χ1v) is 25.1. The molecule has 0 saturated heterocycles. The number of rotatable bonds is 4. The molecule has 12 rings (SSSR count). The summed E-state index contributed by atoms with van der Waals surface area (Å²) in [5.74, 6) is 8.58. The van der Waals surface area contributed by atoms with E-state index in [2.05, 4.69) is 65.7 Å². The zero-order valence-corrected chi connectivity index (χ0v) is 34.9. The van der Waals surface area contributed by atoms with Crippen LogP contribution in [-0.2, 0) is 0 Å². The zero-order valence-electron chi connectivity index (χ0n) is 34.9. The molecule has 3 saturated carbocycles. The van der Waals surface area contributed by atoms with Crippen LogP contribution < -0.4 is 0 Å². The smallest absolute Gasteiger partial charge is 0.0327 e. The Morgan fingerprint density at radius 3 is 2.29 bits per heavy atom. The molecular formula is C55H73N. The van der Waals surface area contributed by atoms with E-state index >= 15 is 0 Å². The number of hydrogen-bond donors (Lipinski definition) is 0. The number of nitrogens with zero attached hydrogens (tertiary/aromatic N) is 1. The van der Waals surface area contributed by atoms with Gasteiger partial charge < -0.3 is 0 Å². The van der Waals surface area contributed by atoms with Crippen molar-refractivity contribution in [2.45, 2.75) is 179 Å². The van der Waals surface area contributed by atoms with Gasteiger partial charge in [-0.25, -0.2) is 0 Å². The first-order valence-electron chi connectivity index (χ1n) is 25.1. The molecule has 0 aromatic rings. The van der Waals surface area contributed by atoms with Gasteiger partial charge in [0, 0.05) is 29.5 Å². The Labute approximate surface area is 341 Å². The van der Waals surface area contributed by atoms with Gasteiger partial charge >= 0.3 is 0 Å². The molecule has 12 aliphatic carbocycles. The Balaban J connectivity index is 0.939. The van der Waals surface area contributed by atoms with Crippen molar-refractivity contribution in [3.63, 3.8) is 0 Å². The second kappa shape index (κ2) is 14.6. The maximum absolute atomic E-state index is 3.14. The lowest BCUT2D eigenvalue weighted by molar-refractivity contribution is 0.0980. The Bertz CT molecular complexity index is 1810. The van der Waals surface area contributed by atoms with Gasteiger partial charge in [0.1, 0.15) is 0 Å². The topological polar surface area (TPSA) is 3.24 Å². The van der Waals surface area contributed by atoms with E-state index in [4.69, 9.17) is 0 Å². The Hall–Kier alpha value is -2.12. The first kappa shape index (κ1) is 35.8. The second-order valence-corrected chi connectivity index (χ2v) is 21.7. The van der Waals surface area contributed by atoms with E-state index in [1.165, 1.54) is 161 Å². The van der Waals surface area contributed by atoms with Crippen LogP contribution in [0.25, 0.3) is 0 Å². The minimum absolute atomic E-state index is 0.282. The molecule has 0 N–H and O–H groups in total. The van der Waals surface area contributed by atoms with Gasteiger partial charge in [0.25, 0.3) is 0 Å². The fourth-order valence-electron chi connectivity index (χ4n) is 17.7. The average Bonchev–Trinajstić information content (AvgIpc) is 3.73. The van der Waals surface area contributed by atoms with Crippen molar-refractivity contribution in [2.24, 2.45) is 64.6 Å². The molecule has 298 valence electrons. The third-order valence-electron chi connectivity index (χ3n) is 19.6. The highest BCUT2D eigenvalue weighted by Gasteiger charge is 2.67. The average molecular weight is 748 g/mol. The van der Waals surface area contributed by atoms with Crippen LogP contribution in [-0.4, -0.2) is 23.0 Å². The molecule has 14 unspecified atom stereocenters. The third kappa shape index (κ3) is 5.46. The molecule has 0 aromatic carbocycles. The fourth-order valence-corrected chi connectivity index (χ4v) is 17.7.